The SMILES string of the molecule is Cc1ccccc1.Fc1c(F)c(F)c([B-](c2c(F)c(F)c(F)c(F)c2F)(c2c(F)c(F)c(F)c(F)c2F)c2c(F)c(F)c(F)c(F)c2F)c(F)c1F. The Balaban J connectivity index is 0.000000771. The molecule has 0 N–H and O–H groups in total. The third-order valence-corrected chi connectivity index (χ3v) is 7.65. The molecule has 0 saturated carbocycles. The first-order chi connectivity index (χ1) is 24.1. The highest BCUT2D eigenvalue weighted by Gasteiger charge is 2.52. The standard InChI is InChI=1S/C24BF20.C7H8/c26-5-1(6(27)14(35)21(42)13(5)34)25(2-7(28)15(36)22(43)16(37)8(2)29,3-9(30)17(38)23(44)18(39)10(3)31)4-11(32)19(40)24(45)20(41)12(4)33;1-7-5-3-2-4-6-7/h;2-6H,1H3/q-1;. The van der Waals surface area contributed by atoms with Crippen LogP contribution in [0.4, 0.5) is 87.8 Å². The number of halogens is 20. The average Bonchev–Trinajstić information content (AvgIpc) is 3.12. The van der Waals surface area contributed by atoms with Gasteiger partial charge in [0.25, 0.3) is 0 Å². The van der Waals surface area contributed by atoms with Crippen molar-refractivity contribution >= 4 is 28.0 Å². The van der Waals surface area contributed by atoms with Crippen LogP contribution in [0.5, 0.6) is 0 Å². The van der Waals surface area contributed by atoms with E-state index in [1.54, 1.807) is 0 Å². The molecule has 0 unspecified atom stereocenters. The van der Waals surface area contributed by atoms with E-state index in [0.717, 1.165) is 0 Å². The van der Waals surface area contributed by atoms with Gasteiger partial charge in [0.15, 0.2) is 69.8 Å². The molecule has 0 aromatic heterocycles. The summed E-state index contributed by atoms with van der Waals surface area (Å²) in [5.74, 6) is -71.4. The Bertz CT molecular complexity index is 1870. The molecule has 0 aliphatic heterocycles. The molecule has 21 heteroatoms. The molecule has 0 atom stereocenters. The first-order valence-corrected chi connectivity index (χ1v) is 13.3. The fourth-order valence-electron chi connectivity index (χ4n) is 5.41. The maximum Gasteiger partial charge on any atom is 0.200 e. The molecule has 0 spiro atoms. The predicted octanol–water partition coefficient (Wildman–Crippen LogP) is 7.84. The molecule has 0 fully saturated rings. The topological polar surface area (TPSA) is 0 Å². The summed E-state index contributed by atoms with van der Waals surface area (Å²) in [4.78, 5) is 0. The number of benzene rings is 5. The van der Waals surface area contributed by atoms with Gasteiger partial charge in [0.2, 0.25) is 0 Å². The second-order valence-electron chi connectivity index (χ2n) is 10.5. The lowest BCUT2D eigenvalue weighted by Crippen LogP contribution is -2.81. The lowest BCUT2D eigenvalue weighted by Gasteiger charge is -2.44. The highest BCUT2D eigenvalue weighted by Crippen LogP contribution is 2.30. The highest BCUT2D eigenvalue weighted by atomic mass is 19.2. The quantitative estimate of drug-likeness (QED) is 0.0757. The predicted molar refractivity (Wildman–Crippen MR) is 140 cm³/mol. The van der Waals surface area contributed by atoms with Crippen molar-refractivity contribution in [1.29, 1.82) is 0 Å². The van der Waals surface area contributed by atoms with Gasteiger partial charge in [-0.15, -0.1) is 21.9 Å². The van der Waals surface area contributed by atoms with Crippen LogP contribution in [0.2, 0.25) is 0 Å². The smallest absolute Gasteiger partial charge is 0.200 e. The van der Waals surface area contributed by atoms with Crippen LogP contribution in [0.15, 0.2) is 30.3 Å². The van der Waals surface area contributed by atoms with Gasteiger partial charge in [0.1, 0.15) is 52.7 Å². The van der Waals surface area contributed by atoms with E-state index < -0.39 is 144 Å². The number of hydrogen-bond donors (Lipinski definition) is 0. The van der Waals surface area contributed by atoms with E-state index in [2.05, 4.69) is 19.1 Å². The summed E-state index contributed by atoms with van der Waals surface area (Å²) in [7, 11) is 0. The van der Waals surface area contributed by atoms with Gasteiger partial charge in [-0.2, -0.15) is 0 Å². The van der Waals surface area contributed by atoms with Gasteiger partial charge in [-0.1, -0.05) is 35.9 Å². The monoisotopic (exact) mass is 771 g/mol. The lowest BCUT2D eigenvalue weighted by molar-refractivity contribution is 0.378. The molecule has 5 rings (SSSR count). The van der Waals surface area contributed by atoms with Crippen LogP contribution in [-0.4, -0.2) is 6.15 Å². The third kappa shape index (κ3) is 5.69. The number of aryl methyl sites for hydroxylation is 1. The van der Waals surface area contributed by atoms with Gasteiger partial charge in [-0.25, -0.2) is 87.8 Å². The minimum absolute atomic E-state index is 1.32. The molecule has 0 radical (unpaired) electrons. The molecule has 0 nitrogen and oxygen atoms in total. The molecule has 5 aromatic carbocycles. The Kier molecular flexibility index (Phi) is 10.7. The Morgan fingerprint density at radius 1 is 0.250 bits per heavy atom. The van der Waals surface area contributed by atoms with Crippen LogP contribution < -0.4 is 21.9 Å². The van der Waals surface area contributed by atoms with Crippen molar-refractivity contribution in [1.82, 2.24) is 0 Å². The minimum Gasteiger partial charge on any atom is -0.207 e. The van der Waals surface area contributed by atoms with E-state index >= 15 is 35.1 Å². The zero-order valence-corrected chi connectivity index (χ0v) is 24.5. The summed E-state index contributed by atoms with van der Waals surface area (Å²) in [6, 6.07) is 10.3. The van der Waals surface area contributed by atoms with E-state index in [-0.39, 0.29) is 0 Å². The molecule has 52 heavy (non-hydrogen) atoms. The Morgan fingerprint density at radius 3 is 0.538 bits per heavy atom. The van der Waals surface area contributed by atoms with Crippen LogP contribution in [0.3, 0.4) is 0 Å². The summed E-state index contributed by atoms with van der Waals surface area (Å²) in [5.41, 5.74) is -13.0. The fourth-order valence-corrected chi connectivity index (χ4v) is 5.41. The lowest BCUT2D eigenvalue weighted by atomic mass is 9.12. The van der Waals surface area contributed by atoms with Crippen LogP contribution >= 0.6 is 0 Å². The van der Waals surface area contributed by atoms with Gasteiger partial charge in [0, 0.05) is 0 Å². The van der Waals surface area contributed by atoms with Crippen molar-refractivity contribution in [2.75, 3.05) is 0 Å². The highest BCUT2D eigenvalue weighted by molar-refractivity contribution is 7.20. The van der Waals surface area contributed by atoms with Gasteiger partial charge in [0.05, 0.1) is 0 Å². The Labute approximate surface area is 275 Å². The van der Waals surface area contributed by atoms with Crippen LogP contribution in [0.1, 0.15) is 5.56 Å². The number of hydrogen-bond acceptors (Lipinski definition) is 0. The summed E-state index contributed by atoms with van der Waals surface area (Å²) in [6.07, 6.45) is -7.22. The van der Waals surface area contributed by atoms with Crippen molar-refractivity contribution < 1.29 is 87.8 Å². The van der Waals surface area contributed by atoms with E-state index in [1.807, 2.05) is 18.2 Å². The van der Waals surface area contributed by atoms with E-state index in [4.69, 9.17) is 0 Å². The summed E-state index contributed by atoms with van der Waals surface area (Å²) < 4.78 is 294. The van der Waals surface area contributed by atoms with Crippen LogP contribution in [-0.2, 0) is 0 Å². The largest absolute Gasteiger partial charge is 0.207 e. The maximum atomic E-state index is 15.4. The van der Waals surface area contributed by atoms with E-state index in [9.17, 15) is 52.7 Å². The molecule has 5 aromatic rings. The van der Waals surface area contributed by atoms with Gasteiger partial charge < -0.3 is 0 Å². The van der Waals surface area contributed by atoms with Gasteiger partial charge in [-0.05, 0) is 6.92 Å². The van der Waals surface area contributed by atoms with E-state index in [1.165, 1.54) is 5.56 Å². The Hall–Kier alpha value is -5.24. The zero-order valence-electron chi connectivity index (χ0n) is 24.5. The zero-order chi connectivity index (χ0) is 39.5. The molecule has 0 bridgehead atoms. The summed E-state index contributed by atoms with van der Waals surface area (Å²) in [5, 5.41) is 0. The molecule has 0 aliphatic carbocycles. The normalized spacial score (nSPS) is 11.6. The molecule has 0 amide bonds. The van der Waals surface area contributed by atoms with E-state index in [0.29, 0.717) is 0 Å². The van der Waals surface area contributed by atoms with Crippen molar-refractivity contribution in [3.05, 3.63) is 152 Å². The molecular formula is C31H8BF20-. The van der Waals surface area contributed by atoms with Crippen molar-refractivity contribution in [3.63, 3.8) is 0 Å². The number of rotatable bonds is 4. The second-order valence-corrected chi connectivity index (χ2v) is 10.5. The van der Waals surface area contributed by atoms with Crippen molar-refractivity contribution in [2.24, 2.45) is 0 Å². The molecule has 0 aliphatic rings. The van der Waals surface area contributed by atoms with Crippen molar-refractivity contribution in [3.8, 4) is 0 Å². The van der Waals surface area contributed by atoms with Crippen molar-refractivity contribution in [2.45, 2.75) is 6.92 Å². The fraction of sp³-hybridized carbons (Fsp3) is 0.0323. The summed E-state index contributed by atoms with van der Waals surface area (Å²) in [6.45, 7) is 2.08. The third-order valence-electron chi connectivity index (χ3n) is 7.65. The minimum atomic E-state index is -7.22. The molecule has 276 valence electrons. The first kappa shape index (κ1) is 39.5. The second kappa shape index (κ2) is 14.1. The molecular weight excluding hydrogens is 763 g/mol. The Morgan fingerprint density at radius 2 is 0.404 bits per heavy atom. The maximum absolute atomic E-state index is 15.4. The average molecular weight is 771 g/mol. The van der Waals surface area contributed by atoms with Crippen LogP contribution in [0, 0.1) is 123 Å². The first-order valence-electron chi connectivity index (χ1n) is 13.3. The molecule has 0 heterocycles. The van der Waals surface area contributed by atoms with Crippen LogP contribution in [0.25, 0.3) is 0 Å². The summed E-state index contributed by atoms with van der Waals surface area (Å²) >= 11 is 0. The van der Waals surface area contributed by atoms with Gasteiger partial charge in [-0.3, -0.25) is 0 Å². The van der Waals surface area contributed by atoms with Gasteiger partial charge >= 0.3 is 0 Å². The molecule has 0 saturated heterocycles.